The number of ether oxygens (including phenoxy) is 3. The van der Waals surface area contributed by atoms with Crippen molar-refractivity contribution in [3.05, 3.63) is 71.3 Å². The number of amides is 1. The number of rotatable bonds is 8. The minimum absolute atomic E-state index is 0.101. The van der Waals surface area contributed by atoms with Crippen molar-refractivity contribution in [2.45, 2.75) is 90.1 Å². The first-order chi connectivity index (χ1) is 16.8. The molecule has 7 heteroatoms. The molecule has 0 heterocycles. The SMILES string of the molecule is CC(C)(C)OC(=O)N[C@@H](Cc1ccc(C2(C(=O)OC(C)(C)C)CC2)cc1)C(=O)OCc1ccccc1. The molecule has 2 aromatic carbocycles. The van der Waals surface area contributed by atoms with Crippen LogP contribution in [0.15, 0.2) is 54.6 Å². The second-order valence-corrected chi connectivity index (χ2v) is 11.3. The van der Waals surface area contributed by atoms with Gasteiger partial charge in [0.1, 0.15) is 23.9 Å². The highest BCUT2D eigenvalue weighted by molar-refractivity contribution is 5.87. The summed E-state index contributed by atoms with van der Waals surface area (Å²) >= 11 is 0. The zero-order valence-corrected chi connectivity index (χ0v) is 22.1. The van der Waals surface area contributed by atoms with Crippen LogP contribution in [0.1, 0.15) is 71.1 Å². The molecule has 194 valence electrons. The molecule has 1 fully saturated rings. The molecule has 1 amide bonds. The normalized spacial score (nSPS) is 15.4. The summed E-state index contributed by atoms with van der Waals surface area (Å²) in [6.45, 7) is 10.9. The number of alkyl carbamates (subject to hydrolysis) is 1. The second-order valence-electron chi connectivity index (χ2n) is 11.3. The van der Waals surface area contributed by atoms with E-state index in [1.807, 2.05) is 75.4 Å². The first-order valence-electron chi connectivity index (χ1n) is 12.3. The lowest BCUT2D eigenvalue weighted by Gasteiger charge is -2.24. The lowest BCUT2D eigenvalue weighted by atomic mass is 9.93. The maximum absolute atomic E-state index is 12.9. The lowest BCUT2D eigenvalue weighted by Crippen LogP contribution is -2.45. The van der Waals surface area contributed by atoms with Gasteiger partial charge in [0.25, 0.3) is 0 Å². The maximum atomic E-state index is 12.9. The Balaban J connectivity index is 1.71. The zero-order chi connectivity index (χ0) is 26.6. The van der Waals surface area contributed by atoms with Gasteiger partial charge >= 0.3 is 18.0 Å². The van der Waals surface area contributed by atoms with E-state index < -0.39 is 34.7 Å². The van der Waals surface area contributed by atoms with Crippen LogP contribution in [0, 0.1) is 0 Å². The van der Waals surface area contributed by atoms with E-state index in [1.165, 1.54) is 0 Å². The molecule has 1 N–H and O–H groups in total. The van der Waals surface area contributed by atoms with Crippen molar-refractivity contribution >= 4 is 18.0 Å². The molecule has 0 bridgehead atoms. The Bertz CT molecular complexity index is 1060. The van der Waals surface area contributed by atoms with Crippen LogP contribution >= 0.6 is 0 Å². The van der Waals surface area contributed by atoms with Gasteiger partial charge in [-0.3, -0.25) is 4.79 Å². The Morgan fingerprint density at radius 3 is 1.94 bits per heavy atom. The summed E-state index contributed by atoms with van der Waals surface area (Å²) < 4.78 is 16.5. The number of nitrogens with one attached hydrogen (secondary N) is 1. The summed E-state index contributed by atoms with van der Waals surface area (Å²) in [6.07, 6.45) is 1.01. The van der Waals surface area contributed by atoms with Gasteiger partial charge in [-0.2, -0.15) is 0 Å². The van der Waals surface area contributed by atoms with Gasteiger partial charge in [-0.1, -0.05) is 54.6 Å². The van der Waals surface area contributed by atoms with Crippen molar-refractivity contribution < 1.29 is 28.6 Å². The van der Waals surface area contributed by atoms with Gasteiger partial charge in [0.05, 0.1) is 5.41 Å². The molecule has 0 radical (unpaired) electrons. The monoisotopic (exact) mass is 495 g/mol. The number of esters is 2. The van der Waals surface area contributed by atoms with Crippen LogP contribution in [0.5, 0.6) is 0 Å². The van der Waals surface area contributed by atoms with Crippen molar-refractivity contribution in [1.29, 1.82) is 0 Å². The minimum Gasteiger partial charge on any atom is -0.459 e. The molecule has 1 atom stereocenters. The zero-order valence-electron chi connectivity index (χ0n) is 22.1. The highest BCUT2D eigenvalue weighted by Gasteiger charge is 2.53. The van der Waals surface area contributed by atoms with Crippen LogP contribution in [-0.2, 0) is 42.2 Å². The van der Waals surface area contributed by atoms with E-state index in [0.29, 0.717) is 0 Å². The first-order valence-corrected chi connectivity index (χ1v) is 12.3. The van der Waals surface area contributed by atoms with Gasteiger partial charge in [-0.05, 0) is 71.1 Å². The Kier molecular flexibility index (Phi) is 8.12. The highest BCUT2D eigenvalue weighted by Crippen LogP contribution is 2.49. The average molecular weight is 496 g/mol. The molecule has 3 rings (SSSR count). The minimum atomic E-state index is -0.935. The smallest absolute Gasteiger partial charge is 0.408 e. The number of hydrogen-bond acceptors (Lipinski definition) is 6. The van der Waals surface area contributed by atoms with Crippen LogP contribution in [0.2, 0.25) is 0 Å². The summed E-state index contributed by atoms with van der Waals surface area (Å²) in [5.74, 6) is -0.766. The third kappa shape index (κ3) is 7.83. The molecule has 1 aliphatic carbocycles. The van der Waals surface area contributed by atoms with Crippen LogP contribution in [0.25, 0.3) is 0 Å². The average Bonchev–Trinajstić information content (AvgIpc) is 3.58. The predicted octanol–water partition coefficient (Wildman–Crippen LogP) is 5.24. The van der Waals surface area contributed by atoms with Crippen molar-refractivity contribution in [2.75, 3.05) is 0 Å². The van der Waals surface area contributed by atoms with Crippen LogP contribution in [-0.4, -0.2) is 35.3 Å². The van der Waals surface area contributed by atoms with E-state index in [2.05, 4.69) is 5.32 Å². The molecule has 1 saturated carbocycles. The van der Waals surface area contributed by atoms with E-state index in [0.717, 1.165) is 29.5 Å². The van der Waals surface area contributed by atoms with Gasteiger partial charge in [-0.15, -0.1) is 0 Å². The third-order valence-corrected chi connectivity index (χ3v) is 5.69. The van der Waals surface area contributed by atoms with E-state index in [9.17, 15) is 14.4 Å². The van der Waals surface area contributed by atoms with Gasteiger partial charge in [-0.25, -0.2) is 9.59 Å². The van der Waals surface area contributed by atoms with Crippen molar-refractivity contribution in [1.82, 2.24) is 5.32 Å². The highest BCUT2D eigenvalue weighted by atomic mass is 16.6. The molecule has 0 aliphatic heterocycles. The quantitative estimate of drug-likeness (QED) is 0.398. The summed E-state index contributed by atoms with van der Waals surface area (Å²) in [6, 6.07) is 15.9. The Hall–Kier alpha value is -3.35. The number of carbonyl (C=O) groups is 3. The molecule has 0 unspecified atom stereocenters. The Morgan fingerprint density at radius 1 is 0.833 bits per heavy atom. The molecular weight excluding hydrogens is 458 g/mol. The van der Waals surface area contributed by atoms with Crippen molar-refractivity contribution in [3.8, 4) is 0 Å². The summed E-state index contributed by atoms with van der Waals surface area (Å²) in [5.41, 5.74) is 0.704. The largest absolute Gasteiger partial charge is 0.459 e. The first kappa shape index (κ1) is 27.2. The number of benzene rings is 2. The van der Waals surface area contributed by atoms with E-state index in [-0.39, 0.29) is 19.0 Å². The fourth-order valence-electron chi connectivity index (χ4n) is 3.78. The van der Waals surface area contributed by atoms with E-state index in [4.69, 9.17) is 14.2 Å². The second kappa shape index (κ2) is 10.7. The molecule has 2 aromatic rings. The molecular formula is C29H37NO6. The van der Waals surface area contributed by atoms with E-state index >= 15 is 0 Å². The molecule has 0 saturated heterocycles. The standard InChI is InChI=1S/C29H37NO6/c1-27(2,3)35-25(32)29(16-17-29)22-14-12-20(13-15-22)18-23(30-26(33)36-28(4,5)6)24(31)34-19-21-10-8-7-9-11-21/h7-15,23H,16-19H2,1-6H3,(H,30,33)/t23-/m0/s1. The van der Waals surface area contributed by atoms with Gasteiger partial charge in [0, 0.05) is 6.42 Å². The molecule has 0 spiro atoms. The summed E-state index contributed by atoms with van der Waals surface area (Å²) in [7, 11) is 0. The number of hydrogen-bond donors (Lipinski definition) is 1. The third-order valence-electron chi connectivity index (χ3n) is 5.69. The molecule has 36 heavy (non-hydrogen) atoms. The van der Waals surface area contributed by atoms with Crippen molar-refractivity contribution in [3.63, 3.8) is 0 Å². The Morgan fingerprint density at radius 2 is 1.42 bits per heavy atom. The van der Waals surface area contributed by atoms with Crippen LogP contribution < -0.4 is 5.32 Å². The maximum Gasteiger partial charge on any atom is 0.408 e. The van der Waals surface area contributed by atoms with Gasteiger partial charge < -0.3 is 19.5 Å². The summed E-state index contributed by atoms with van der Waals surface area (Å²) in [4.78, 5) is 38.1. The topological polar surface area (TPSA) is 90.9 Å². The van der Waals surface area contributed by atoms with Gasteiger partial charge in [0.15, 0.2) is 0 Å². The molecule has 0 aromatic heterocycles. The summed E-state index contributed by atoms with van der Waals surface area (Å²) in [5, 5.41) is 2.65. The van der Waals surface area contributed by atoms with E-state index in [1.54, 1.807) is 20.8 Å². The van der Waals surface area contributed by atoms with Crippen LogP contribution in [0.3, 0.4) is 0 Å². The predicted molar refractivity (Wildman–Crippen MR) is 136 cm³/mol. The fourth-order valence-corrected chi connectivity index (χ4v) is 3.78. The Labute approximate surface area is 213 Å². The van der Waals surface area contributed by atoms with Crippen molar-refractivity contribution in [2.24, 2.45) is 0 Å². The van der Waals surface area contributed by atoms with Gasteiger partial charge in [0.2, 0.25) is 0 Å². The fraction of sp³-hybridized carbons (Fsp3) is 0.483. The molecule has 1 aliphatic rings. The molecule has 7 nitrogen and oxygen atoms in total. The van der Waals surface area contributed by atoms with Crippen LogP contribution in [0.4, 0.5) is 4.79 Å². The lowest BCUT2D eigenvalue weighted by molar-refractivity contribution is -0.158. The number of carbonyl (C=O) groups excluding carboxylic acids is 3.